The van der Waals surface area contributed by atoms with Crippen molar-refractivity contribution in [2.24, 2.45) is 0 Å². The Kier molecular flexibility index (Phi) is 2.11. The topological polar surface area (TPSA) is 37.3 Å². The zero-order valence-electron chi connectivity index (χ0n) is 10.7. The van der Waals surface area contributed by atoms with E-state index in [1.165, 1.54) is 0 Å². The third kappa shape index (κ3) is 1.15. The second kappa shape index (κ2) is 3.45. The average molecular weight is 238 g/mol. The second-order valence-corrected chi connectivity index (χ2v) is 4.85. The van der Waals surface area contributed by atoms with Crippen LogP contribution in [0.5, 0.6) is 5.75 Å². The molecule has 0 spiro atoms. The first kappa shape index (κ1) is 11.0. The molecule has 0 aromatic heterocycles. The molecule has 0 heterocycles. The molecule has 2 nitrogen and oxygen atoms in total. The first-order valence-corrected chi connectivity index (χ1v) is 6.01. The number of aromatic hydroxyl groups is 1. The summed E-state index contributed by atoms with van der Waals surface area (Å²) in [6, 6.07) is 7.64. The molecule has 90 valence electrons. The van der Waals surface area contributed by atoms with Crippen molar-refractivity contribution in [1.29, 1.82) is 0 Å². The average Bonchev–Trinajstić information content (AvgIpc) is 2.68. The lowest BCUT2D eigenvalue weighted by Gasteiger charge is -2.13. The molecule has 18 heavy (non-hydrogen) atoms. The summed E-state index contributed by atoms with van der Waals surface area (Å²) in [5.74, 6) is 0.268. The van der Waals surface area contributed by atoms with E-state index in [2.05, 4.69) is 0 Å². The molecule has 2 heteroatoms. The number of fused-ring (bicyclic) bond motifs is 3. The Morgan fingerprint density at radius 1 is 0.833 bits per heavy atom. The van der Waals surface area contributed by atoms with Crippen molar-refractivity contribution in [1.82, 2.24) is 0 Å². The Morgan fingerprint density at radius 3 is 2.11 bits per heavy atom. The van der Waals surface area contributed by atoms with Crippen LogP contribution in [0, 0.1) is 20.8 Å². The van der Waals surface area contributed by atoms with Gasteiger partial charge in [0.15, 0.2) is 5.78 Å². The van der Waals surface area contributed by atoms with Gasteiger partial charge in [-0.25, -0.2) is 0 Å². The van der Waals surface area contributed by atoms with E-state index in [-0.39, 0.29) is 11.5 Å². The first-order valence-electron chi connectivity index (χ1n) is 6.01. The highest BCUT2D eigenvalue weighted by Gasteiger charge is 2.31. The maximum atomic E-state index is 12.4. The number of phenolic OH excluding ortho intramolecular Hbond substituents is 1. The molecule has 0 atom stereocenters. The fourth-order valence-electron chi connectivity index (χ4n) is 2.79. The summed E-state index contributed by atoms with van der Waals surface area (Å²) < 4.78 is 0. The van der Waals surface area contributed by atoms with E-state index < -0.39 is 0 Å². The molecule has 1 aliphatic rings. The van der Waals surface area contributed by atoms with Crippen molar-refractivity contribution in [2.45, 2.75) is 20.8 Å². The van der Waals surface area contributed by atoms with Crippen LogP contribution in [0.3, 0.4) is 0 Å². The van der Waals surface area contributed by atoms with Crippen LogP contribution in [-0.2, 0) is 0 Å². The van der Waals surface area contributed by atoms with Gasteiger partial charge in [0.05, 0.1) is 0 Å². The Morgan fingerprint density at radius 2 is 1.44 bits per heavy atom. The molecule has 0 unspecified atom stereocenters. The molecule has 0 aliphatic heterocycles. The van der Waals surface area contributed by atoms with E-state index >= 15 is 0 Å². The molecule has 3 rings (SSSR count). The van der Waals surface area contributed by atoms with E-state index in [0.29, 0.717) is 11.1 Å². The highest BCUT2D eigenvalue weighted by molar-refractivity contribution is 6.23. The molecule has 2 aromatic carbocycles. The Labute approximate surface area is 106 Å². The van der Waals surface area contributed by atoms with E-state index in [9.17, 15) is 9.90 Å². The van der Waals surface area contributed by atoms with Crippen LogP contribution in [0.2, 0.25) is 0 Å². The Hall–Kier alpha value is -2.09. The summed E-state index contributed by atoms with van der Waals surface area (Å²) >= 11 is 0. The van der Waals surface area contributed by atoms with E-state index in [0.717, 1.165) is 27.8 Å². The van der Waals surface area contributed by atoms with Crippen molar-refractivity contribution in [3.05, 3.63) is 52.1 Å². The number of ketones is 1. The van der Waals surface area contributed by atoms with E-state index in [1.54, 1.807) is 0 Å². The minimum absolute atomic E-state index is 0.0245. The van der Waals surface area contributed by atoms with E-state index in [1.807, 2.05) is 45.0 Å². The molecule has 0 bridgehead atoms. The lowest BCUT2D eigenvalue weighted by atomic mass is 9.92. The molecular formula is C16H14O2. The van der Waals surface area contributed by atoms with Gasteiger partial charge >= 0.3 is 0 Å². The third-order valence-corrected chi connectivity index (χ3v) is 3.94. The maximum absolute atomic E-state index is 12.4. The largest absolute Gasteiger partial charge is 0.507 e. The van der Waals surface area contributed by atoms with Gasteiger partial charge < -0.3 is 5.11 Å². The molecular weight excluding hydrogens is 224 g/mol. The molecule has 0 amide bonds. The maximum Gasteiger partial charge on any atom is 0.194 e. The molecule has 0 radical (unpaired) electrons. The SMILES string of the molecule is Cc1c(C)c2c(c(C)c1O)C(=O)c1ccccc1-2. The summed E-state index contributed by atoms with van der Waals surface area (Å²) in [6.07, 6.45) is 0. The quantitative estimate of drug-likeness (QED) is 0.650. The summed E-state index contributed by atoms with van der Waals surface area (Å²) in [5, 5.41) is 10.1. The number of carbonyl (C=O) groups excluding carboxylic acids is 1. The monoisotopic (exact) mass is 238 g/mol. The van der Waals surface area contributed by atoms with Gasteiger partial charge in [0.25, 0.3) is 0 Å². The predicted molar refractivity (Wildman–Crippen MR) is 71.2 cm³/mol. The molecule has 2 aromatic rings. The van der Waals surface area contributed by atoms with Crippen LogP contribution in [-0.4, -0.2) is 10.9 Å². The van der Waals surface area contributed by atoms with Crippen molar-refractivity contribution < 1.29 is 9.90 Å². The first-order chi connectivity index (χ1) is 8.54. The van der Waals surface area contributed by atoms with Gasteiger partial charge in [0.1, 0.15) is 5.75 Å². The summed E-state index contributed by atoms with van der Waals surface area (Å²) in [6.45, 7) is 5.66. The van der Waals surface area contributed by atoms with Crippen molar-refractivity contribution in [3.63, 3.8) is 0 Å². The standard InChI is InChI=1S/C16H14O2/c1-8-9(2)15(17)10(3)14-13(8)11-6-4-5-7-12(11)16(14)18/h4-7,17H,1-3H3. The highest BCUT2D eigenvalue weighted by atomic mass is 16.3. The number of carbonyl (C=O) groups is 1. The fourth-order valence-corrected chi connectivity index (χ4v) is 2.79. The van der Waals surface area contributed by atoms with Gasteiger partial charge in [0, 0.05) is 16.7 Å². The summed E-state index contributed by atoms with van der Waals surface area (Å²) in [4.78, 5) is 12.4. The minimum atomic E-state index is 0.0245. The summed E-state index contributed by atoms with van der Waals surface area (Å²) in [7, 11) is 0. The highest BCUT2D eigenvalue weighted by Crippen LogP contribution is 2.44. The molecule has 1 aliphatic carbocycles. The molecule has 0 fully saturated rings. The fraction of sp³-hybridized carbons (Fsp3) is 0.188. The lowest BCUT2D eigenvalue weighted by molar-refractivity contribution is 0.104. The number of phenols is 1. The normalized spacial score (nSPS) is 12.5. The third-order valence-electron chi connectivity index (χ3n) is 3.94. The lowest BCUT2D eigenvalue weighted by Crippen LogP contribution is -2.00. The van der Waals surface area contributed by atoms with Crippen molar-refractivity contribution >= 4 is 5.78 Å². The summed E-state index contributed by atoms with van der Waals surface area (Å²) in [5.41, 5.74) is 5.92. The van der Waals surface area contributed by atoms with Gasteiger partial charge in [-0.05, 0) is 43.0 Å². The number of hydrogen-bond donors (Lipinski definition) is 1. The van der Waals surface area contributed by atoms with Crippen LogP contribution >= 0.6 is 0 Å². The van der Waals surface area contributed by atoms with Crippen LogP contribution in [0.1, 0.15) is 32.6 Å². The zero-order chi connectivity index (χ0) is 13.0. The number of benzene rings is 2. The van der Waals surface area contributed by atoms with Gasteiger partial charge in [0.2, 0.25) is 0 Å². The van der Waals surface area contributed by atoms with Gasteiger partial charge in [-0.3, -0.25) is 4.79 Å². The van der Waals surface area contributed by atoms with Crippen LogP contribution < -0.4 is 0 Å². The van der Waals surface area contributed by atoms with Gasteiger partial charge in [-0.1, -0.05) is 24.3 Å². The number of hydrogen-bond acceptors (Lipinski definition) is 2. The van der Waals surface area contributed by atoms with Crippen molar-refractivity contribution in [2.75, 3.05) is 0 Å². The van der Waals surface area contributed by atoms with Crippen LogP contribution in [0.15, 0.2) is 24.3 Å². The smallest absolute Gasteiger partial charge is 0.194 e. The molecule has 1 N–H and O–H groups in total. The van der Waals surface area contributed by atoms with Crippen molar-refractivity contribution in [3.8, 4) is 16.9 Å². The Balaban J connectivity index is 2.51. The minimum Gasteiger partial charge on any atom is -0.507 e. The van der Waals surface area contributed by atoms with Crippen LogP contribution in [0.25, 0.3) is 11.1 Å². The van der Waals surface area contributed by atoms with Crippen LogP contribution in [0.4, 0.5) is 0 Å². The molecule has 0 saturated carbocycles. The molecule has 0 saturated heterocycles. The zero-order valence-corrected chi connectivity index (χ0v) is 10.7. The van der Waals surface area contributed by atoms with Gasteiger partial charge in [-0.2, -0.15) is 0 Å². The second-order valence-electron chi connectivity index (χ2n) is 4.85. The van der Waals surface area contributed by atoms with Gasteiger partial charge in [-0.15, -0.1) is 0 Å². The number of rotatable bonds is 0. The Bertz CT molecular complexity index is 697. The predicted octanol–water partition coefficient (Wildman–Crippen LogP) is 3.53. The van der Waals surface area contributed by atoms with E-state index in [4.69, 9.17) is 0 Å².